The van der Waals surface area contributed by atoms with Crippen molar-refractivity contribution in [1.29, 1.82) is 0 Å². The second-order valence-electron chi connectivity index (χ2n) is 5.38. The lowest BCUT2D eigenvalue weighted by molar-refractivity contribution is 0.593. The maximum Gasteiger partial charge on any atom is 0.181 e. The topological polar surface area (TPSA) is 91.4 Å². The number of hydrogen-bond donors (Lipinski definition) is 3. The predicted octanol–water partition coefficient (Wildman–Crippen LogP) is 3.48. The van der Waals surface area contributed by atoms with Crippen molar-refractivity contribution in [2.24, 2.45) is 0 Å². The van der Waals surface area contributed by atoms with E-state index in [-0.39, 0.29) is 17.2 Å². The van der Waals surface area contributed by atoms with Gasteiger partial charge in [0.1, 0.15) is 34.9 Å². The molecular weight excluding hydrogens is 340 g/mol. The number of nitrogens with zero attached hydrogens (tertiary/aromatic N) is 4. The first-order chi connectivity index (χ1) is 12.7. The van der Waals surface area contributed by atoms with Crippen LogP contribution in [0.4, 0.5) is 26.0 Å². The highest BCUT2D eigenvalue weighted by Crippen LogP contribution is 2.33. The second kappa shape index (κ2) is 6.36. The number of nitrogens with one attached hydrogen (secondary N) is 3. The van der Waals surface area contributed by atoms with Crippen LogP contribution in [0.15, 0.2) is 43.1 Å². The van der Waals surface area contributed by atoms with E-state index in [4.69, 9.17) is 0 Å². The Hall–Kier alpha value is -3.62. The highest BCUT2D eigenvalue weighted by Gasteiger charge is 2.18. The molecule has 4 rings (SSSR count). The number of rotatable bonds is 4. The Bertz CT molecular complexity index is 1090. The number of imidazole rings is 1. The van der Waals surface area contributed by atoms with Gasteiger partial charge in [0.25, 0.3) is 0 Å². The van der Waals surface area contributed by atoms with Gasteiger partial charge in [0.15, 0.2) is 11.5 Å². The van der Waals surface area contributed by atoms with Gasteiger partial charge < -0.3 is 15.6 Å². The maximum atomic E-state index is 14.5. The number of fused-ring (bicyclic) bond motifs is 1. The fourth-order valence-electron chi connectivity index (χ4n) is 2.64. The molecule has 26 heavy (non-hydrogen) atoms. The van der Waals surface area contributed by atoms with Gasteiger partial charge in [-0.15, -0.1) is 0 Å². The Morgan fingerprint density at radius 2 is 1.92 bits per heavy atom. The molecule has 1 aromatic carbocycles. The minimum absolute atomic E-state index is 0.171. The molecule has 0 aliphatic carbocycles. The van der Waals surface area contributed by atoms with Crippen molar-refractivity contribution in [3.05, 3.63) is 54.8 Å². The first-order valence-corrected chi connectivity index (χ1v) is 7.71. The number of anilines is 3. The van der Waals surface area contributed by atoms with Gasteiger partial charge in [-0.1, -0.05) is 0 Å². The summed E-state index contributed by atoms with van der Waals surface area (Å²) >= 11 is 0. The molecule has 0 amide bonds. The van der Waals surface area contributed by atoms with Crippen LogP contribution in [0.3, 0.4) is 0 Å². The monoisotopic (exact) mass is 353 g/mol. The summed E-state index contributed by atoms with van der Waals surface area (Å²) in [6, 6.07) is 5.96. The van der Waals surface area contributed by atoms with Gasteiger partial charge >= 0.3 is 0 Å². The summed E-state index contributed by atoms with van der Waals surface area (Å²) in [6.45, 7) is 0. The number of aromatic amines is 1. The van der Waals surface area contributed by atoms with Crippen LogP contribution in [-0.4, -0.2) is 32.0 Å². The zero-order valence-corrected chi connectivity index (χ0v) is 13.6. The molecule has 4 aromatic rings. The molecule has 0 saturated heterocycles. The van der Waals surface area contributed by atoms with Gasteiger partial charge in [-0.25, -0.2) is 28.7 Å². The summed E-state index contributed by atoms with van der Waals surface area (Å²) in [5, 5.41) is 5.42. The third-order valence-corrected chi connectivity index (χ3v) is 3.89. The number of halogens is 2. The van der Waals surface area contributed by atoms with Crippen molar-refractivity contribution < 1.29 is 8.78 Å². The van der Waals surface area contributed by atoms with E-state index in [1.807, 2.05) is 0 Å². The van der Waals surface area contributed by atoms with E-state index in [1.165, 1.54) is 31.0 Å². The summed E-state index contributed by atoms with van der Waals surface area (Å²) in [5.41, 5.74) is 2.04. The Morgan fingerprint density at radius 3 is 2.77 bits per heavy atom. The molecule has 9 heteroatoms. The molecule has 3 heterocycles. The fourth-order valence-corrected chi connectivity index (χ4v) is 2.64. The Balaban J connectivity index is 1.85. The second-order valence-corrected chi connectivity index (χ2v) is 5.38. The molecule has 130 valence electrons. The van der Waals surface area contributed by atoms with E-state index in [0.29, 0.717) is 22.4 Å². The van der Waals surface area contributed by atoms with Crippen LogP contribution in [0.25, 0.3) is 22.4 Å². The molecule has 7 nitrogen and oxygen atoms in total. The van der Waals surface area contributed by atoms with Crippen molar-refractivity contribution in [1.82, 2.24) is 24.9 Å². The molecular formula is C17H13F2N7. The molecule has 0 radical (unpaired) electrons. The minimum atomic E-state index is -0.738. The van der Waals surface area contributed by atoms with E-state index in [2.05, 4.69) is 35.6 Å². The fraction of sp³-hybridized carbons (Fsp3) is 0.0588. The number of aromatic nitrogens is 5. The van der Waals surface area contributed by atoms with Crippen LogP contribution in [0.2, 0.25) is 0 Å². The average molecular weight is 353 g/mol. The van der Waals surface area contributed by atoms with Gasteiger partial charge in [0.05, 0.1) is 12.0 Å². The van der Waals surface area contributed by atoms with Crippen molar-refractivity contribution in [3.63, 3.8) is 0 Å². The van der Waals surface area contributed by atoms with Crippen LogP contribution < -0.4 is 10.6 Å². The summed E-state index contributed by atoms with van der Waals surface area (Å²) in [5.74, 6) is -1.21. The first kappa shape index (κ1) is 15.9. The van der Waals surface area contributed by atoms with Gasteiger partial charge in [-0.05, 0) is 24.3 Å². The number of benzene rings is 1. The number of H-pyrrole nitrogens is 1. The average Bonchev–Trinajstić information content (AvgIpc) is 3.14. The molecule has 0 unspecified atom stereocenters. The largest absolute Gasteiger partial charge is 0.386 e. The molecule has 0 saturated carbocycles. The van der Waals surface area contributed by atoms with Crippen LogP contribution in [0, 0.1) is 11.6 Å². The van der Waals surface area contributed by atoms with Crippen LogP contribution in [0.1, 0.15) is 0 Å². The predicted molar refractivity (Wildman–Crippen MR) is 94.1 cm³/mol. The first-order valence-electron chi connectivity index (χ1n) is 7.71. The zero-order valence-electron chi connectivity index (χ0n) is 13.6. The molecule has 0 aliphatic heterocycles. The number of hydrogen-bond acceptors (Lipinski definition) is 6. The summed E-state index contributed by atoms with van der Waals surface area (Å²) < 4.78 is 28.7. The van der Waals surface area contributed by atoms with Crippen molar-refractivity contribution in [3.8, 4) is 11.3 Å². The van der Waals surface area contributed by atoms with Crippen molar-refractivity contribution in [2.45, 2.75) is 0 Å². The normalized spacial score (nSPS) is 10.9. The lowest BCUT2D eigenvalue weighted by Gasteiger charge is -2.14. The van der Waals surface area contributed by atoms with E-state index in [0.717, 1.165) is 0 Å². The van der Waals surface area contributed by atoms with E-state index < -0.39 is 11.6 Å². The number of pyridine rings is 1. The quantitative estimate of drug-likeness (QED) is 0.520. The van der Waals surface area contributed by atoms with Gasteiger partial charge in [0.2, 0.25) is 0 Å². The molecule has 3 N–H and O–H groups in total. The molecule has 3 aromatic heterocycles. The van der Waals surface area contributed by atoms with E-state index >= 15 is 0 Å². The van der Waals surface area contributed by atoms with Crippen LogP contribution in [-0.2, 0) is 0 Å². The van der Waals surface area contributed by atoms with Crippen molar-refractivity contribution in [2.75, 3.05) is 17.7 Å². The summed E-state index contributed by atoms with van der Waals surface area (Å²) in [4.78, 5) is 19.6. The van der Waals surface area contributed by atoms with Gasteiger partial charge in [0, 0.05) is 18.8 Å². The molecule has 0 fully saturated rings. The highest BCUT2D eigenvalue weighted by molar-refractivity contribution is 5.91. The third-order valence-electron chi connectivity index (χ3n) is 3.89. The molecule has 0 atom stereocenters. The minimum Gasteiger partial charge on any atom is -0.386 e. The summed E-state index contributed by atoms with van der Waals surface area (Å²) in [7, 11) is 1.56. The lowest BCUT2D eigenvalue weighted by Crippen LogP contribution is -2.04. The van der Waals surface area contributed by atoms with E-state index in [9.17, 15) is 8.78 Å². The Morgan fingerprint density at radius 1 is 1.04 bits per heavy atom. The smallest absolute Gasteiger partial charge is 0.181 e. The van der Waals surface area contributed by atoms with Crippen LogP contribution in [0.5, 0.6) is 0 Å². The Kier molecular flexibility index (Phi) is 3.88. The molecule has 0 bridgehead atoms. The van der Waals surface area contributed by atoms with E-state index in [1.54, 1.807) is 19.2 Å². The molecule has 0 aliphatic rings. The Labute approximate surface area is 146 Å². The highest BCUT2D eigenvalue weighted by atomic mass is 19.1. The molecule has 0 spiro atoms. The van der Waals surface area contributed by atoms with Gasteiger partial charge in [-0.2, -0.15) is 0 Å². The van der Waals surface area contributed by atoms with Crippen molar-refractivity contribution >= 4 is 28.4 Å². The van der Waals surface area contributed by atoms with Gasteiger partial charge in [-0.3, -0.25) is 0 Å². The summed E-state index contributed by atoms with van der Waals surface area (Å²) in [6.07, 6.45) is 4.40. The SMILES string of the molecule is CNc1ccc(F)c(Nc2ncccc2-c2ncnc3nc[nH]c23)c1F. The third kappa shape index (κ3) is 2.59. The maximum absolute atomic E-state index is 14.5. The zero-order chi connectivity index (χ0) is 18.1. The standard InChI is InChI=1S/C17H13F2N7/c1-20-11-5-4-10(18)14(12(11)19)26-16-9(3-2-6-21-16)13-15-17(24-7-22-13)25-8-23-15/h2-8,20H,1H3,(H,21,26)(H,22,23,24,25). The lowest BCUT2D eigenvalue weighted by atomic mass is 10.1. The van der Waals surface area contributed by atoms with Crippen LogP contribution >= 0.6 is 0 Å².